The minimum absolute atomic E-state index is 0.0543. The summed E-state index contributed by atoms with van der Waals surface area (Å²) in [6, 6.07) is 10.1. The Hall–Kier alpha value is -2.12. The van der Waals surface area contributed by atoms with Crippen LogP contribution < -0.4 is 5.32 Å². The monoisotopic (exact) mass is 380 g/mol. The van der Waals surface area contributed by atoms with Gasteiger partial charge in [-0.15, -0.1) is 11.3 Å². The number of anilines is 1. The van der Waals surface area contributed by atoms with Gasteiger partial charge in [0, 0.05) is 10.4 Å². The van der Waals surface area contributed by atoms with Gasteiger partial charge in [0.15, 0.2) is 0 Å². The quantitative estimate of drug-likeness (QED) is 0.670. The third kappa shape index (κ3) is 3.94. The smallest absolute Gasteiger partial charge is 0.256 e. The van der Waals surface area contributed by atoms with E-state index in [0.29, 0.717) is 22.0 Å². The Morgan fingerprint density at radius 1 is 1.26 bits per heavy atom. The molecule has 0 aliphatic heterocycles. The van der Waals surface area contributed by atoms with E-state index in [9.17, 15) is 10.1 Å². The van der Waals surface area contributed by atoms with E-state index in [0.717, 1.165) is 18.4 Å². The van der Waals surface area contributed by atoms with Gasteiger partial charge in [-0.3, -0.25) is 4.79 Å². The number of hydrogen-bond donors (Lipinski definition) is 1. The topological polar surface area (TPSA) is 52.9 Å². The van der Waals surface area contributed by atoms with Crippen LogP contribution in [0.5, 0.6) is 0 Å². The van der Waals surface area contributed by atoms with Crippen LogP contribution in [0, 0.1) is 16.7 Å². The molecule has 1 aliphatic rings. The van der Waals surface area contributed by atoms with Crippen molar-refractivity contribution in [3.63, 3.8) is 0 Å². The predicted molar refractivity (Wildman–Crippen MR) is 113 cm³/mol. The molecule has 1 aromatic carbocycles. The lowest BCUT2D eigenvalue weighted by atomic mass is 9.72. The fraction of sp³-hybridized carbons (Fsp3) is 0.478. The van der Waals surface area contributed by atoms with E-state index >= 15 is 0 Å². The van der Waals surface area contributed by atoms with E-state index < -0.39 is 0 Å². The zero-order valence-electron chi connectivity index (χ0n) is 17.1. The van der Waals surface area contributed by atoms with Crippen molar-refractivity contribution in [2.75, 3.05) is 5.32 Å². The van der Waals surface area contributed by atoms with Gasteiger partial charge in [-0.25, -0.2) is 0 Å². The van der Waals surface area contributed by atoms with Gasteiger partial charge in [-0.2, -0.15) is 5.26 Å². The standard InChI is InChI=1S/C23H28N2OS/c1-14-11-23(5,6)12-17-18(13-24)21(27-19(14)17)25-20(26)15-7-9-16(10-8-15)22(2,3)4/h7-10,14H,11-12H2,1-6H3,(H,25,26)/t14-/m0/s1. The normalized spacial score (nSPS) is 18.5. The summed E-state index contributed by atoms with van der Waals surface area (Å²) in [5.74, 6) is 0.259. The van der Waals surface area contributed by atoms with Gasteiger partial charge in [0.2, 0.25) is 0 Å². The minimum atomic E-state index is -0.155. The molecule has 27 heavy (non-hydrogen) atoms. The maximum absolute atomic E-state index is 12.8. The summed E-state index contributed by atoms with van der Waals surface area (Å²) in [7, 11) is 0. The van der Waals surface area contributed by atoms with Crippen LogP contribution in [0.4, 0.5) is 5.00 Å². The van der Waals surface area contributed by atoms with Crippen molar-refractivity contribution in [1.29, 1.82) is 5.26 Å². The van der Waals surface area contributed by atoms with Gasteiger partial charge in [0.05, 0.1) is 5.56 Å². The zero-order chi connectivity index (χ0) is 20.0. The van der Waals surface area contributed by atoms with Crippen molar-refractivity contribution in [2.45, 2.75) is 65.7 Å². The summed E-state index contributed by atoms with van der Waals surface area (Å²) in [6.45, 7) is 13.2. The molecule has 142 valence electrons. The fourth-order valence-corrected chi connectivity index (χ4v) is 5.25. The molecular weight excluding hydrogens is 352 g/mol. The molecule has 0 radical (unpaired) electrons. The van der Waals surface area contributed by atoms with Crippen LogP contribution in [0.2, 0.25) is 0 Å². The van der Waals surface area contributed by atoms with E-state index in [1.807, 2.05) is 24.3 Å². The number of thiophene rings is 1. The Morgan fingerprint density at radius 3 is 2.44 bits per heavy atom. The Bertz CT molecular complexity index is 908. The number of benzene rings is 1. The largest absolute Gasteiger partial charge is 0.312 e. The highest BCUT2D eigenvalue weighted by Crippen LogP contribution is 2.48. The van der Waals surface area contributed by atoms with Gasteiger partial charge in [0.25, 0.3) is 5.91 Å². The third-order valence-corrected chi connectivity index (χ3v) is 6.73. The first-order valence-corrected chi connectivity index (χ1v) is 10.3. The van der Waals surface area contributed by atoms with Crippen LogP contribution in [0.1, 0.15) is 85.8 Å². The second kappa shape index (κ2) is 6.80. The van der Waals surface area contributed by atoms with Gasteiger partial charge >= 0.3 is 0 Å². The van der Waals surface area contributed by atoms with Crippen LogP contribution in [0.3, 0.4) is 0 Å². The van der Waals surface area contributed by atoms with Gasteiger partial charge in [0.1, 0.15) is 11.1 Å². The lowest BCUT2D eigenvalue weighted by molar-refractivity contribution is 0.102. The number of nitriles is 1. The van der Waals surface area contributed by atoms with Crippen molar-refractivity contribution in [3.05, 3.63) is 51.4 Å². The Labute approximate surface area is 166 Å². The van der Waals surface area contributed by atoms with Crippen molar-refractivity contribution in [1.82, 2.24) is 0 Å². The number of fused-ring (bicyclic) bond motifs is 1. The number of carbonyl (C=O) groups excluding carboxylic acids is 1. The Balaban J connectivity index is 1.88. The molecule has 1 atom stereocenters. The Kier molecular flexibility index (Phi) is 4.94. The number of amides is 1. The molecule has 0 spiro atoms. The minimum Gasteiger partial charge on any atom is -0.312 e. The van der Waals surface area contributed by atoms with Crippen LogP contribution in [0.15, 0.2) is 24.3 Å². The number of rotatable bonds is 2. The first-order valence-electron chi connectivity index (χ1n) is 9.49. The summed E-state index contributed by atoms with van der Waals surface area (Å²) < 4.78 is 0. The molecule has 4 heteroatoms. The van der Waals surface area contributed by atoms with Gasteiger partial charge < -0.3 is 5.32 Å². The highest BCUT2D eigenvalue weighted by molar-refractivity contribution is 7.16. The number of hydrogen-bond acceptors (Lipinski definition) is 3. The lowest BCUT2D eigenvalue weighted by Gasteiger charge is -2.33. The molecular formula is C23H28N2OS. The van der Waals surface area contributed by atoms with Crippen LogP contribution in [-0.4, -0.2) is 5.91 Å². The second-order valence-corrected chi connectivity index (χ2v) is 10.5. The van der Waals surface area contributed by atoms with E-state index in [2.05, 4.69) is 52.9 Å². The maximum Gasteiger partial charge on any atom is 0.256 e. The van der Waals surface area contributed by atoms with Crippen molar-refractivity contribution < 1.29 is 4.79 Å². The number of nitrogens with zero attached hydrogens (tertiary/aromatic N) is 1. The summed E-state index contributed by atoms with van der Waals surface area (Å²) in [5, 5.41) is 13.4. The molecule has 3 rings (SSSR count). The van der Waals surface area contributed by atoms with Gasteiger partial charge in [-0.05, 0) is 52.8 Å². The molecule has 0 saturated heterocycles. The highest BCUT2D eigenvalue weighted by atomic mass is 32.1. The second-order valence-electron chi connectivity index (χ2n) is 9.49. The van der Waals surface area contributed by atoms with E-state index in [-0.39, 0.29) is 16.7 Å². The number of carbonyl (C=O) groups is 1. The molecule has 2 aromatic rings. The molecule has 1 heterocycles. The molecule has 0 unspecified atom stereocenters. The van der Waals surface area contributed by atoms with Crippen LogP contribution in [0.25, 0.3) is 0 Å². The van der Waals surface area contributed by atoms with Gasteiger partial charge in [-0.1, -0.05) is 53.7 Å². The van der Waals surface area contributed by atoms with Crippen molar-refractivity contribution in [2.24, 2.45) is 5.41 Å². The summed E-state index contributed by atoms with van der Waals surface area (Å²) in [6.07, 6.45) is 2.00. The van der Waals surface area contributed by atoms with E-state index in [1.165, 1.54) is 10.4 Å². The third-order valence-electron chi connectivity index (χ3n) is 5.35. The van der Waals surface area contributed by atoms with Crippen molar-refractivity contribution >= 4 is 22.2 Å². The molecule has 1 aromatic heterocycles. The molecule has 1 N–H and O–H groups in total. The first kappa shape index (κ1) is 19.6. The fourth-order valence-electron chi connectivity index (χ4n) is 4.03. The Morgan fingerprint density at radius 2 is 1.89 bits per heavy atom. The predicted octanol–water partition coefficient (Wildman–Crippen LogP) is 6.25. The molecule has 1 amide bonds. The van der Waals surface area contributed by atoms with E-state index in [4.69, 9.17) is 0 Å². The van der Waals surface area contributed by atoms with Crippen molar-refractivity contribution in [3.8, 4) is 6.07 Å². The van der Waals surface area contributed by atoms with Crippen LogP contribution in [-0.2, 0) is 11.8 Å². The first-order chi connectivity index (χ1) is 12.5. The zero-order valence-corrected chi connectivity index (χ0v) is 17.9. The van der Waals surface area contributed by atoms with Crippen LogP contribution >= 0.6 is 11.3 Å². The summed E-state index contributed by atoms with van der Waals surface area (Å²) in [4.78, 5) is 14.0. The average molecular weight is 381 g/mol. The van der Waals surface area contributed by atoms with E-state index in [1.54, 1.807) is 11.3 Å². The molecule has 3 nitrogen and oxygen atoms in total. The highest BCUT2D eigenvalue weighted by Gasteiger charge is 2.34. The summed E-state index contributed by atoms with van der Waals surface area (Å²) in [5.41, 5.74) is 3.83. The maximum atomic E-state index is 12.8. The molecule has 0 fully saturated rings. The molecule has 0 bridgehead atoms. The molecule has 0 saturated carbocycles. The molecule has 1 aliphatic carbocycles. The lowest BCUT2D eigenvalue weighted by Crippen LogP contribution is -2.23. The number of nitrogens with one attached hydrogen (secondary N) is 1. The summed E-state index contributed by atoms with van der Waals surface area (Å²) >= 11 is 1.57. The average Bonchev–Trinajstić information content (AvgIpc) is 2.90. The SMILES string of the molecule is C[C@H]1CC(C)(C)Cc2c1sc(NC(=O)c1ccc(C(C)(C)C)cc1)c2C#N.